The molecule has 412 valence electrons. The maximum absolute atomic E-state index is 12.5. The van der Waals surface area contributed by atoms with Crippen molar-refractivity contribution in [1.29, 1.82) is 0 Å². The van der Waals surface area contributed by atoms with Crippen LogP contribution in [0.3, 0.4) is 0 Å². The summed E-state index contributed by atoms with van der Waals surface area (Å²) in [5.74, 6) is -0.106. The number of hydrogen-bond acceptors (Lipinski definition) is 5. The Morgan fingerprint density at radius 1 is 0.400 bits per heavy atom. The Balaban J connectivity index is 3.49. The summed E-state index contributed by atoms with van der Waals surface area (Å²) < 4.78 is 5.48. The number of rotatable bonds is 58. The first-order chi connectivity index (χ1) is 34.5. The summed E-state index contributed by atoms with van der Waals surface area (Å²) in [5.41, 5.74) is 0. The van der Waals surface area contributed by atoms with Gasteiger partial charge in [-0.2, -0.15) is 0 Å². The van der Waals surface area contributed by atoms with Gasteiger partial charge in [-0.05, 0) is 64.2 Å². The van der Waals surface area contributed by atoms with Gasteiger partial charge in [-0.25, -0.2) is 0 Å². The molecule has 0 radical (unpaired) electrons. The van der Waals surface area contributed by atoms with Gasteiger partial charge in [0.05, 0.1) is 25.4 Å². The summed E-state index contributed by atoms with van der Waals surface area (Å²) in [7, 11) is 0. The van der Waals surface area contributed by atoms with Crippen LogP contribution in [0.2, 0.25) is 0 Å². The topological polar surface area (TPSA) is 95.9 Å². The van der Waals surface area contributed by atoms with Crippen LogP contribution in [0.4, 0.5) is 0 Å². The molecule has 70 heavy (non-hydrogen) atoms. The van der Waals surface area contributed by atoms with Crippen LogP contribution in [0.1, 0.15) is 335 Å². The molecule has 0 aliphatic rings. The monoisotopic (exact) mass is 984 g/mol. The lowest BCUT2D eigenvalue weighted by Gasteiger charge is -2.20. The van der Waals surface area contributed by atoms with Crippen LogP contribution in [0.15, 0.2) is 36.5 Å². The minimum atomic E-state index is -0.859. The lowest BCUT2D eigenvalue weighted by molar-refractivity contribution is -0.143. The molecule has 0 saturated carbocycles. The van der Waals surface area contributed by atoms with Crippen molar-refractivity contribution < 1.29 is 24.5 Å². The summed E-state index contributed by atoms with van der Waals surface area (Å²) >= 11 is 0. The normalized spacial score (nSPS) is 12.8. The standard InChI is InChI=1S/C64H121NO5/c1-3-5-7-9-11-13-15-17-19-21-23-24-25-26-27-28-29-31-33-36-40-44-48-52-56-62(67)61(60-66)65-63(68)57-53-49-45-41-37-35-39-43-47-51-55-59-70-64(69)58-54-50-46-42-38-34-32-30-22-20-18-16-14-12-10-8-6-4-2/h14,16,20,22,52,56,61-62,66-67H,3-13,15,17-19,21,23-51,53-55,57-60H2,1-2H3,(H,65,68)/b16-14-,22-20-,56-52+. The van der Waals surface area contributed by atoms with Crippen LogP contribution in [-0.2, 0) is 14.3 Å². The fourth-order valence-corrected chi connectivity index (χ4v) is 9.61. The molecule has 2 atom stereocenters. The molecule has 3 N–H and O–H groups in total. The van der Waals surface area contributed by atoms with E-state index in [9.17, 15) is 19.8 Å². The predicted molar refractivity (Wildman–Crippen MR) is 306 cm³/mol. The molecule has 1 amide bonds. The van der Waals surface area contributed by atoms with Gasteiger partial charge in [0.25, 0.3) is 0 Å². The zero-order valence-electron chi connectivity index (χ0n) is 47.0. The SMILES string of the molecule is CCCCCC/C=C\C/C=C\CCCCCCCCCC(=O)OCCCCCCCCCCCCCC(=O)NC(CO)C(O)/C=C/CCCCCCCCCCCCCCCCCCCCCCCC. The first-order valence-electron chi connectivity index (χ1n) is 31.3. The molecule has 0 rings (SSSR count). The molecule has 0 aromatic heterocycles. The third-order valence-corrected chi connectivity index (χ3v) is 14.4. The van der Waals surface area contributed by atoms with Crippen molar-refractivity contribution in [3.05, 3.63) is 36.5 Å². The third-order valence-electron chi connectivity index (χ3n) is 14.4. The first-order valence-corrected chi connectivity index (χ1v) is 31.3. The molecule has 0 fully saturated rings. The Labute approximate surface area is 436 Å². The minimum Gasteiger partial charge on any atom is -0.466 e. The Morgan fingerprint density at radius 2 is 0.714 bits per heavy atom. The van der Waals surface area contributed by atoms with Gasteiger partial charge in [-0.15, -0.1) is 0 Å². The van der Waals surface area contributed by atoms with Crippen molar-refractivity contribution in [2.75, 3.05) is 13.2 Å². The van der Waals surface area contributed by atoms with Crippen LogP contribution < -0.4 is 5.32 Å². The molecule has 6 heteroatoms. The molecule has 0 bridgehead atoms. The van der Waals surface area contributed by atoms with E-state index < -0.39 is 12.1 Å². The molecular formula is C64H121NO5. The van der Waals surface area contributed by atoms with E-state index >= 15 is 0 Å². The van der Waals surface area contributed by atoms with Crippen molar-refractivity contribution >= 4 is 11.9 Å². The van der Waals surface area contributed by atoms with Gasteiger partial charge in [0.15, 0.2) is 0 Å². The molecule has 0 aliphatic carbocycles. The fourth-order valence-electron chi connectivity index (χ4n) is 9.61. The number of hydrogen-bond donors (Lipinski definition) is 3. The van der Waals surface area contributed by atoms with E-state index in [1.807, 2.05) is 6.08 Å². The highest BCUT2D eigenvalue weighted by Crippen LogP contribution is 2.17. The average Bonchev–Trinajstić information content (AvgIpc) is 3.36. The number of aliphatic hydroxyl groups excluding tert-OH is 2. The number of carbonyl (C=O) groups excluding carboxylic acids is 2. The van der Waals surface area contributed by atoms with Gasteiger partial charge in [0, 0.05) is 12.8 Å². The smallest absolute Gasteiger partial charge is 0.305 e. The Kier molecular flexibility index (Phi) is 58.0. The van der Waals surface area contributed by atoms with E-state index in [2.05, 4.69) is 43.5 Å². The van der Waals surface area contributed by atoms with Crippen LogP contribution in [0.5, 0.6) is 0 Å². The fraction of sp³-hybridized carbons (Fsp3) is 0.875. The van der Waals surface area contributed by atoms with Crippen LogP contribution in [0, 0.1) is 0 Å². The highest BCUT2D eigenvalue weighted by Gasteiger charge is 2.18. The lowest BCUT2D eigenvalue weighted by atomic mass is 10.0. The lowest BCUT2D eigenvalue weighted by Crippen LogP contribution is -2.45. The van der Waals surface area contributed by atoms with Crippen molar-refractivity contribution in [2.45, 2.75) is 347 Å². The Hall–Kier alpha value is -1.92. The molecule has 6 nitrogen and oxygen atoms in total. The third kappa shape index (κ3) is 55.4. The molecule has 2 unspecified atom stereocenters. The second-order valence-electron chi connectivity index (χ2n) is 21.4. The number of allylic oxidation sites excluding steroid dienone is 5. The molecule has 0 saturated heterocycles. The zero-order chi connectivity index (χ0) is 50.7. The number of nitrogens with one attached hydrogen (secondary N) is 1. The maximum Gasteiger partial charge on any atom is 0.305 e. The summed E-state index contributed by atoms with van der Waals surface area (Å²) in [4.78, 5) is 24.6. The van der Waals surface area contributed by atoms with Gasteiger partial charge < -0.3 is 20.3 Å². The zero-order valence-corrected chi connectivity index (χ0v) is 47.0. The number of amides is 1. The average molecular weight is 985 g/mol. The van der Waals surface area contributed by atoms with E-state index in [4.69, 9.17) is 4.74 Å². The van der Waals surface area contributed by atoms with Crippen molar-refractivity contribution in [1.82, 2.24) is 5.32 Å². The maximum atomic E-state index is 12.5. The molecular weight excluding hydrogens is 863 g/mol. The van der Waals surface area contributed by atoms with E-state index in [0.29, 0.717) is 19.4 Å². The van der Waals surface area contributed by atoms with E-state index in [1.54, 1.807) is 6.08 Å². The minimum absolute atomic E-state index is 0.0220. The van der Waals surface area contributed by atoms with E-state index in [0.717, 1.165) is 64.2 Å². The highest BCUT2D eigenvalue weighted by atomic mass is 16.5. The first kappa shape index (κ1) is 68.1. The van der Waals surface area contributed by atoms with Gasteiger partial charge in [-0.3, -0.25) is 9.59 Å². The van der Waals surface area contributed by atoms with Crippen LogP contribution in [-0.4, -0.2) is 47.4 Å². The number of carbonyl (C=O) groups is 2. The van der Waals surface area contributed by atoms with Crippen molar-refractivity contribution in [3.63, 3.8) is 0 Å². The van der Waals surface area contributed by atoms with Crippen LogP contribution >= 0.6 is 0 Å². The highest BCUT2D eigenvalue weighted by molar-refractivity contribution is 5.76. The number of aliphatic hydroxyl groups is 2. The summed E-state index contributed by atoms with van der Waals surface area (Å²) in [6.07, 6.45) is 74.6. The summed E-state index contributed by atoms with van der Waals surface area (Å²) in [6, 6.07) is -0.644. The molecule has 0 aromatic rings. The largest absolute Gasteiger partial charge is 0.466 e. The second-order valence-corrected chi connectivity index (χ2v) is 21.4. The van der Waals surface area contributed by atoms with Gasteiger partial charge in [0.2, 0.25) is 5.91 Å². The predicted octanol–water partition coefficient (Wildman–Crippen LogP) is 19.6. The van der Waals surface area contributed by atoms with Crippen molar-refractivity contribution in [2.24, 2.45) is 0 Å². The van der Waals surface area contributed by atoms with Crippen LogP contribution in [0.25, 0.3) is 0 Å². The van der Waals surface area contributed by atoms with Gasteiger partial charge >= 0.3 is 5.97 Å². The molecule has 0 aliphatic heterocycles. The van der Waals surface area contributed by atoms with E-state index in [1.165, 1.54) is 244 Å². The van der Waals surface area contributed by atoms with Gasteiger partial charge in [0.1, 0.15) is 0 Å². The second kappa shape index (κ2) is 59.6. The molecule has 0 aromatic carbocycles. The van der Waals surface area contributed by atoms with Gasteiger partial charge in [-0.1, -0.05) is 294 Å². The Bertz CT molecular complexity index is 1130. The summed E-state index contributed by atoms with van der Waals surface area (Å²) in [6.45, 7) is 4.86. The summed E-state index contributed by atoms with van der Waals surface area (Å²) in [5, 5.41) is 23.2. The van der Waals surface area contributed by atoms with E-state index in [-0.39, 0.29) is 18.5 Å². The quantitative estimate of drug-likeness (QED) is 0.0321. The number of esters is 1. The van der Waals surface area contributed by atoms with Crippen molar-refractivity contribution in [3.8, 4) is 0 Å². The molecule has 0 heterocycles. The molecule has 0 spiro atoms. The Morgan fingerprint density at radius 3 is 1.10 bits per heavy atom. The number of unbranched alkanes of at least 4 members (excludes halogenated alkanes) is 43. The number of ether oxygens (including phenoxy) is 1.